The Labute approximate surface area is 160 Å². The van der Waals surface area contributed by atoms with Gasteiger partial charge in [-0.25, -0.2) is 4.98 Å². The van der Waals surface area contributed by atoms with Gasteiger partial charge in [0.1, 0.15) is 11.3 Å². The Bertz CT molecular complexity index is 966. The molecule has 1 amide bonds. The molecule has 0 atom stereocenters. The molecule has 3 aromatic rings. The van der Waals surface area contributed by atoms with Crippen LogP contribution in [0.5, 0.6) is 0 Å². The standard InChI is InChI=1S/C22H26N4O/c1-15-8-11-25(12-9-15)19-6-4-18(5-7-19)24-22(27)21-17(3)23-20-14-16(2)10-13-26(20)21/h4-7,10,13-15H,8-9,11-12H2,1-3H3,(H,24,27). The van der Waals surface area contributed by atoms with E-state index in [4.69, 9.17) is 0 Å². The summed E-state index contributed by atoms with van der Waals surface area (Å²) in [7, 11) is 0. The molecule has 5 nitrogen and oxygen atoms in total. The Hall–Kier alpha value is -2.82. The predicted molar refractivity (Wildman–Crippen MR) is 110 cm³/mol. The van der Waals surface area contributed by atoms with Crippen LogP contribution in [-0.2, 0) is 0 Å². The SMILES string of the molecule is Cc1ccn2c(C(=O)Nc3ccc(N4CCC(C)CC4)cc3)c(C)nc2c1. The molecule has 0 unspecified atom stereocenters. The summed E-state index contributed by atoms with van der Waals surface area (Å²) in [5, 5.41) is 3.01. The molecular formula is C22H26N4O. The van der Waals surface area contributed by atoms with E-state index in [1.807, 2.05) is 48.7 Å². The summed E-state index contributed by atoms with van der Waals surface area (Å²) < 4.78 is 1.85. The number of aromatic nitrogens is 2. The van der Waals surface area contributed by atoms with Gasteiger partial charge in [0.05, 0.1) is 5.69 Å². The zero-order valence-corrected chi connectivity index (χ0v) is 16.2. The van der Waals surface area contributed by atoms with Crippen molar-refractivity contribution >= 4 is 22.9 Å². The summed E-state index contributed by atoms with van der Waals surface area (Å²) in [5.41, 5.74) is 5.27. The van der Waals surface area contributed by atoms with Gasteiger partial charge in [0.15, 0.2) is 0 Å². The summed E-state index contributed by atoms with van der Waals surface area (Å²) in [4.78, 5) is 19.8. The van der Waals surface area contributed by atoms with Gasteiger partial charge in [-0.15, -0.1) is 0 Å². The molecule has 4 rings (SSSR count). The molecule has 3 heterocycles. The summed E-state index contributed by atoms with van der Waals surface area (Å²) in [5.74, 6) is 0.681. The van der Waals surface area contributed by atoms with Gasteiger partial charge in [0.25, 0.3) is 5.91 Å². The first-order chi connectivity index (χ1) is 13.0. The Morgan fingerprint density at radius 3 is 2.52 bits per heavy atom. The fourth-order valence-corrected chi connectivity index (χ4v) is 3.75. The Balaban J connectivity index is 1.51. The fourth-order valence-electron chi connectivity index (χ4n) is 3.75. The number of amides is 1. The lowest BCUT2D eigenvalue weighted by atomic mass is 9.99. The van der Waals surface area contributed by atoms with Crippen molar-refractivity contribution in [3.05, 3.63) is 59.5 Å². The summed E-state index contributed by atoms with van der Waals surface area (Å²) in [6.45, 7) is 8.42. The van der Waals surface area contributed by atoms with Gasteiger partial charge < -0.3 is 10.2 Å². The van der Waals surface area contributed by atoms with Gasteiger partial charge in [0, 0.05) is 30.7 Å². The average Bonchev–Trinajstić information content (AvgIpc) is 2.98. The van der Waals surface area contributed by atoms with Crippen molar-refractivity contribution < 1.29 is 4.79 Å². The minimum Gasteiger partial charge on any atom is -0.372 e. The van der Waals surface area contributed by atoms with Gasteiger partial charge in [0.2, 0.25) is 0 Å². The van der Waals surface area contributed by atoms with Crippen molar-refractivity contribution in [3.8, 4) is 0 Å². The normalized spacial score (nSPS) is 15.3. The third-order valence-corrected chi connectivity index (χ3v) is 5.44. The number of hydrogen-bond acceptors (Lipinski definition) is 3. The first-order valence-corrected chi connectivity index (χ1v) is 9.63. The second-order valence-corrected chi connectivity index (χ2v) is 7.65. The molecule has 1 aromatic carbocycles. The fraction of sp³-hybridized carbons (Fsp3) is 0.364. The molecule has 2 aromatic heterocycles. The molecule has 0 bridgehead atoms. The number of carbonyl (C=O) groups is 1. The van der Waals surface area contributed by atoms with Gasteiger partial charge in [-0.05, 0) is 74.6 Å². The highest BCUT2D eigenvalue weighted by Gasteiger charge is 2.18. The zero-order valence-electron chi connectivity index (χ0n) is 16.2. The van der Waals surface area contributed by atoms with E-state index in [1.54, 1.807) is 0 Å². The summed E-state index contributed by atoms with van der Waals surface area (Å²) in [6, 6.07) is 12.1. The van der Waals surface area contributed by atoms with Crippen molar-refractivity contribution in [2.24, 2.45) is 5.92 Å². The maximum atomic E-state index is 12.8. The first-order valence-electron chi connectivity index (χ1n) is 9.63. The van der Waals surface area contributed by atoms with Gasteiger partial charge in [-0.1, -0.05) is 6.92 Å². The Kier molecular flexibility index (Phi) is 4.60. The molecule has 1 aliphatic rings. The van der Waals surface area contributed by atoms with Crippen LogP contribution in [0.2, 0.25) is 0 Å². The molecule has 0 aliphatic carbocycles. The number of pyridine rings is 1. The molecule has 0 radical (unpaired) electrons. The molecule has 5 heteroatoms. The molecular weight excluding hydrogens is 336 g/mol. The number of nitrogens with zero attached hydrogens (tertiary/aromatic N) is 3. The molecule has 0 spiro atoms. The minimum atomic E-state index is -0.136. The molecule has 1 aliphatic heterocycles. The molecule has 1 saturated heterocycles. The van der Waals surface area contributed by atoms with Crippen molar-refractivity contribution in [2.75, 3.05) is 23.3 Å². The van der Waals surface area contributed by atoms with Crippen LogP contribution in [0.3, 0.4) is 0 Å². The number of anilines is 2. The Morgan fingerprint density at radius 2 is 1.81 bits per heavy atom. The molecule has 0 saturated carbocycles. The third kappa shape index (κ3) is 3.54. The number of hydrogen-bond donors (Lipinski definition) is 1. The molecule has 27 heavy (non-hydrogen) atoms. The van der Waals surface area contributed by atoms with Crippen LogP contribution in [-0.4, -0.2) is 28.4 Å². The van der Waals surface area contributed by atoms with Gasteiger partial charge in [-0.2, -0.15) is 0 Å². The molecule has 1 N–H and O–H groups in total. The van der Waals surface area contributed by atoms with E-state index in [0.29, 0.717) is 5.69 Å². The van der Waals surface area contributed by atoms with E-state index >= 15 is 0 Å². The van der Waals surface area contributed by atoms with E-state index in [2.05, 4.69) is 34.3 Å². The van der Waals surface area contributed by atoms with Crippen molar-refractivity contribution in [3.63, 3.8) is 0 Å². The number of imidazole rings is 1. The number of aryl methyl sites for hydroxylation is 2. The zero-order chi connectivity index (χ0) is 19.0. The van der Waals surface area contributed by atoms with Crippen molar-refractivity contribution in [1.82, 2.24) is 9.38 Å². The highest BCUT2D eigenvalue weighted by atomic mass is 16.2. The lowest BCUT2D eigenvalue weighted by Crippen LogP contribution is -2.32. The van der Waals surface area contributed by atoms with Crippen LogP contribution in [0.4, 0.5) is 11.4 Å². The number of rotatable bonds is 3. The highest BCUT2D eigenvalue weighted by Crippen LogP contribution is 2.24. The van der Waals surface area contributed by atoms with Gasteiger partial charge >= 0.3 is 0 Å². The number of piperidine rings is 1. The third-order valence-electron chi connectivity index (χ3n) is 5.44. The average molecular weight is 362 g/mol. The quantitative estimate of drug-likeness (QED) is 0.749. The number of nitrogens with one attached hydrogen (secondary N) is 1. The van der Waals surface area contributed by atoms with Gasteiger partial charge in [-0.3, -0.25) is 9.20 Å². The van der Waals surface area contributed by atoms with Crippen LogP contribution >= 0.6 is 0 Å². The smallest absolute Gasteiger partial charge is 0.274 e. The van der Waals surface area contributed by atoms with Crippen LogP contribution in [0.25, 0.3) is 5.65 Å². The summed E-state index contributed by atoms with van der Waals surface area (Å²) in [6.07, 6.45) is 4.39. The van der Waals surface area contributed by atoms with Crippen LogP contribution in [0.15, 0.2) is 42.6 Å². The van der Waals surface area contributed by atoms with E-state index in [1.165, 1.54) is 18.5 Å². The second-order valence-electron chi connectivity index (χ2n) is 7.65. The summed E-state index contributed by atoms with van der Waals surface area (Å²) >= 11 is 0. The number of fused-ring (bicyclic) bond motifs is 1. The van der Waals surface area contributed by atoms with E-state index in [-0.39, 0.29) is 5.91 Å². The monoisotopic (exact) mass is 362 g/mol. The first kappa shape index (κ1) is 17.6. The molecule has 140 valence electrons. The molecule has 1 fully saturated rings. The van der Waals surface area contributed by atoms with E-state index < -0.39 is 0 Å². The maximum absolute atomic E-state index is 12.8. The van der Waals surface area contributed by atoms with Crippen LogP contribution in [0, 0.1) is 19.8 Å². The lowest BCUT2D eigenvalue weighted by Gasteiger charge is -2.32. The van der Waals surface area contributed by atoms with Crippen molar-refractivity contribution in [1.29, 1.82) is 0 Å². The van der Waals surface area contributed by atoms with Crippen molar-refractivity contribution in [2.45, 2.75) is 33.6 Å². The lowest BCUT2D eigenvalue weighted by molar-refractivity contribution is 0.102. The predicted octanol–water partition coefficient (Wildman–Crippen LogP) is 4.44. The second kappa shape index (κ2) is 7.06. The Morgan fingerprint density at radius 1 is 1.11 bits per heavy atom. The largest absolute Gasteiger partial charge is 0.372 e. The van der Waals surface area contributed by atoms with Crippen LogP contribution < -0.4 is 10.2 Å². The maximum Gasteiger partial charge on any atom is 0.274 e. The van der Waals surface area contributed by atoms with E-state index in [9.17, 15) is 4.79 Å². The number of carbonyl (C=O) groups excluding carboxylic acids is 1. The minimum absolute atomic E-state index is 0.136. The highest BCUT2D eigenvalue weighted by molar-refractivity contribution is 6.04. The van der Waals surface area contributed by atoms with E-state index in [0.717, 1.165) is 41.6 Å². The topological polar surface area (TPSA) is 49.6 Å². The van der Waals surface area contributed by atoms with Crippen LogP contribution in [0.1, 0.15) is 41.5 Å². The number of benzene rings is 1.